The van der Waals surface area contributed by atoms with E-state index < -0.39 is 23.2 Å². The molecule has 1 aromatic rings. The van der Waals surface area contributed by atoms with Crippen LogP contribution >= 0.6 is 0 Å². The third-order valence-electron chi connectivity index (χ3n) is 3.73. The number of ether oxygens (including phenoxy) is 1. The quantitative estimate of drug-likeness (QED) is 0.906. The molecule has 1 aliphatic carbocycles. The van der Waals surface area contributed by atoms with Gasteiger partial charge in [0, 0.05) is 0 Å². The van der Waals surface area contributed by atoms with Gasteiger partial charge in [0.25, 0.3) is 0 Å². The second-order valence-corrected chi connectivity index (χ2v) is 4.92. The van der Waals surface area contributed by atoms with Crippen molar-refractivity contribution in [2.75, 3.05) is 0 Å². The topological polar surface area (TPSA) is 46.5 Å². The van der Waals surface area contributed by atoms with Gasteiger partial charge in [-0.05, 0) is 44.2 Å². The maximum absolute atomic E-state index is 13.7. The zero-order valence-corrected chi connectivity index (χ0v) is 10.7. The van der Waals surface area contributed by atoms with Crippen molar-refractivity contribution in [2.45, 2.75) is 44.6 Å². The monoisotopic (exact) mass is 270 g/mol. The van der Waals surface area contributed by atoms with E-state index in [1.54, 1.807) is 0 Å². The van der Waals surface area contributed by atoms with Crippen molar-refractivity contribution in [1.82, 2.24) is 0 Å². The molecule has 0 aromatic heterocycles. The first-order valence-corrected chi connectivity index (χ1v) is 6.39. The molecule has 0 aliphatic heterocycles. The number of carbonyl (C=O) groups is 1. The minimum atomic E-state index is -1.30. The van der Waals surface area contributed by atoms with Gasteiger partial charge >= 0.3 is 5.97 Å². The summed E-state index contributed by atoms with van der Waals surface area (Å²) >= 11 is 0. The lowest BCUT2D eigenvalue weighted by molar-refractivity contribution is 0.0639. The third-order valence-corrected chi connectivity index (χ3v) is 3.73. The van der Waals surface area contributed by atoms with E-state index in [4.69, 9.17) is 9.84 Å². The number of hydrogen-bond acceptors (Lipinski definition) is 2. The fraction of sp³-hybridized carbons (Fsp3) is 0.500. The maximum atomic E-state index is 13.7. The molecule has 0 heterocycles. The van der Waals surface area contributed by atoms with Crippen LogP contribution in [0.3, 0.4) is 0 Å². The molecule has 0 spiro atoms. The predicted molar refractivity (Wildman–Crippen MR) is 65.4 cm³/mol. The van der Waals surface area contributed by atoms with Crippen LogP contribution in [0.4, 0.5) is 8.78 Å². The van der Waals surface area contributed by atoms with Crippen LogP contribution in [0.25, 0.3) is 0 Å². The van der Waals surface area contributed by atoms with Crippen molar-refractivity contribution >= 4 is 5.97 Å². The molecular weight excluding hydrogens is 254 g/mol. The van der Waals surface area contributed by atoms with Gasteiger partial charge in [0.15, 0.2) is 11.6 Å². The highest BCUT2D eigenvalue weighted by Gasteiger charge is 2.35. The van der Waals surface area contributed by atoms with Gasteiger partial charge < -0.3 is 9.84 Å². The summed E-state index contributed by atoms with van der Waals surface area (Å²) in [6.45, 7) is 1.93. The van der Waals surface area contributed by atoms with E-state index in [2.05, 4.69) is 0 Å². The van der Waals surface area contributed by atoms with E-state index in [0.717, 1.165) is 31.7 Å². The second kappa shape index (κ2) is 5.15. The molecule has 104 valence electrons. The van der Waals surface area contributed by atoms with Crippen molar-refractivity contribution in [1.29, 1.82) is 0 Å². The van der Waals surface area contributed by atoms with Crippen LogP contribution in [0.15, 0.2) is 12.1 Å². The van der Waals surface area contributed by atoms with Crippen molar-refractivity contribution in [3.05, 3.63) is 29.3 Å². The van der Waals surface area contributed by atoms with E-state index in [1.165, 1.54) is 0 Å². The molecule has 0 saturated heterocycles. The minimum Gasteiger partial charge on any atom is -0.484 e. The molecule has 19 heavy (non-hydrogen) atoms. The van der Waals surface area contributed by atoms with E-state index in [9.17, 15) is 13.6 Å². The van der Waals surface area contributed by atoms with Crippen LogP contribution in [-0.2, 0) is 0 Å². The Balaban J connectivity index is 2.36. The Labute approximate surface area is 110 Å². The predicted octanol–water partition coefficient (Wildman–Crippen LogP) is 3.76. The number of rotatable bonds is 4. The van der Waals surface area contributed by atoms with Crippen LogP contribution in [0.2, 0.25) is 0 Å². The van der Waals surface area contributed by atoms with Crippen LogP contribution in [0.1, 0.15) is 49.4 Å². The van der Waals surface area contributed by atoms with E-state index in [0.29, 0.717) is 12.5 Å². The van der Waals surface area contributed by atoms with Crippen LogP contribution in [0, 0.1) is 11.6 Å². The van der Waals surface area contributed by atoms with Gasteiger partial charge in [-0.25, -0.2) is 9.18 Å². The zero-order valence-electron chi connectivity index (χ0n) is 10.7. The summed E-state index contributed by atoms with van der Waals surface area (Å²) in [7, 11) is 0. The number of carboxylic acids is 1. The Kier molecular flexibility index (Phi) is 3.73. The number of benzene rings is 1. The van der Waals surface area contributed by atoms with Gasteiger partial charge in [0.2, 0.25) is 5.82 Å². The second-order valence-electron chi connectivity index (χ2n) is 4.92. The first-order chi connectivity index (χ1) is 8.97. The molecule has 0 radical (unpaired) electrons. The summed E-state index contributed by atoms with van der Waals surface area (Å²) in [5, 5.41) is 8.86. The van der Waals surface area contributed by atoms with Gasteiger partial charge in [0.1, 0.15) is 5.60 Å². The zero-order chi connectivity index (χ0) is 14.0. The van der Waals surface area contributed by atoms with Crippen molar-refractivity contribution in [3.63, 3.8) is 0 Å². The molecule has 2 rings (SSSR count). The summed E-state index contributed by atoms with van der Waals surface area (Å²) in [5.74, 6) is -3.93. The van der Waals surface area contributed by atoms with E-state index in [1.807, 2.05) is 6.92 Å². The Bertz CT molecular complexity index is 494. The van der Waals surface area contributed by atoms with Crippen LogP contribution in [-0.4, -0.2) is 16.7 Å². The molecule has 0 amide bonds. The molecule has 1 fully saturated rings. The Morgan fingerprint density at radius 1 is 1.37 bits per heavy atom. The lowest BCUT2D eigenvalue weighted by Crippen LogP contribution is -2.32. The fourth-order valence-electron chi connectivity index (χ4n) is 2.54. The molecule has 0 unspecified atom stereocenters. The van der Waals surface area contributed by atoms with Crippen molar-refractivity contribution in [3.8, 4) is 5.75 Å². The Morgan fingerprint density at radius 2 is 2.00 bits per heavy atom. The molecule has 1 aromatic carbocycles. The smallest absolute Gasteiger partial charge is 0.335 e. The highest BCUT2D eigenvalue weighted by molar-refractivity contribution is 5.88. The minimum absolute atomic E-state index is 0.304. The van der Waals surface area contributed by atoms with Crippen LogP contribution < -0.4 is 4.74 Å². The van der Waals surface area contributed by atoms with Gasteiger partial charge in [-0.2, -0.15) is 4.39 Å². The van der Waals surface area contributed by atoms with E-state index >= 15 is 0 Å². The summed E-state index contributed by atoms with van der Waals surface area (Å²) in [6.07, 6.45) is 4.21. The molecular formula is C14H16F2O3. The number of carboxylic acid groups (broad SMARTS) is 1. The van der Waals surface area contributed by atoms with Crippen molar-refractivity contribution in [2.24, 2.45) is 0 Å². The summed E-state index contributed by atoms with van der Waals surface area (Å²) in [6, 6.07) is 1.72. The van der Waals surface area contributed by atoms with E-state index in [-0.39, 0.29) is 11.3 Å². The Morgan fingerprint density at radius 3 is 2.53 bits per heavy atom. The highest BCUT2D eigenvalue weighted by Crippen LogP contribution is 2.38. The SMILES string of the molecule is CCC1(Oc2cc(C(=O)O)cc(F)c2F)CCCC1. The molecule has 0 atom stereocenters. The van der Waals surface area contributed by atoms with Crippen molar-refractivity contribution < 1.29 is 23.4 Å². The van der Waals surface area contributed by atoms with Crippen LogP contribution in [0.5, 0.6) is 5.75 Å². The summed E-state index contributed by atoms with van der Waals surface area (Å²) < 4.78 is 32.7. The number of hydrogen-bond donors (Lipinski definition) is 1. The fourth-order valence-corrected chi connectivity index (χ4v) is 2.54. The molecule has 1 saturated carbocycles. The molecule has 5 heteroatoms. The maximum Gasteiger partial charge on any atom is 0.335 e. The van der Waals surface area contributed by atoms with Gasteiger partial charge in [-0.15, -0.1) is 0 Å². The third kappa shape index (κ3) is 2.69. The lowest BCUT2D eigenvalue weighted by Gasteiger charge is -2.29. The standard InChI is InChI=1S/C14H16F2O3/c1-2-14(5-3-4-6-14)19-11-8-9(13(17)18)7-10(15)12(11)16/h7-8H,2-6H2,1H3,(H,17,18). The summed E-state index contributed by atoms with van der Waals surface area (Å²) in [5.41, 5.74) is -0.803. The summed E-state index contributed by atoms with van der Waals surface area (Å²) in [4.78, 5) is 10.9. The Hall–Kier alpha value is -1.65. The van der Waals surface area contributed by atoms with Gasteiger partial charge in [-0.3, -0.25) is 0 Å². The molecule has 3 nitrogen and oxygen atoms in total. The molecule has 0 bridgehead atoms. The number of halogens is 2. The molecule has 1 aliphatic rings. The average molecular weight is 270 g/mol. The number of aromatic carboxylic acids is 1. The highest BCUT2D eigenvalue weighted by atomic mass is 19.2. The first-order valence-electron chi connectivity index (χ1n) is 6.39. The average Bonchev–Trinajstić information content (AvgIpc) is 2.83. The first kappa shape index (κ1) is 13.8. The molecule has 1 N–H and O–H groups in total. The lowest BCUT2D eigenvalue weighted by atomic mass is 9.98. The normalized spacial score (nSPS) is 17.4. The van der Waals surface area contributed by atoms with Gasteiger partial charge in [0.05, 0.1) is 5.56 Å². The van der Waals surface area contributed by atoms with Gasteiger partial charge in [-0.1, -0.05) is 6.92 Å². The largest absolute Gasteiger partial charge is 0.484 e.